The summed E-state index contributed by atoms with van der Waals surface area (Å²) >= 11 is 0. The van der Waals surface area contributed by atoms with Crippen molar-refractivity contribution in [3.05, 3.63) is 101 Å². The lowest BCUT2D eigenvalue weighted by atomic mass is 10.1. The van der Waals surface area contributed by atoms with E-state index in [2.05, 4.69) is 9.97 Å². The Morgan fingerprint density at radius 3 is 2.45 bits per heavy atom. The summed E-state index contributed by atoms with van der Waals surface area (Å²) in [5, 5.41) is 5.82. The van der Waals surface area contributed by atoms with Gasteiger partial charge in [-0.1, -0.05) is 30.3 Å². The van der Waals surface area contributed by atoms with E-state index in [1.165, 1.54) is 12.4 Å². The fourth-order valence-corrected chi connectivity index (χ4v) is 4.83. The van der Waals surface area contributed by atoms with Gasteiger partial charge in [-0.25, -0.2) is 24.0 Å². The van der Waals surface area contributed by atoms with Crippen molar-refractivity contribution in [2.75, 3.05) is 5.73 Å². The van der Waals surface area contributed by atoms with Gasteiger partial charge in [0.05, 0.1) is 28.1 Å². The quantitative estimate of drug-likeness (QED) is 0.307. The number of hydrogen-bond acceptors (Lipinski definition) is 7. The summed E-state index contributed by atoms with van der Waals surface area (Å²) in [5.74, 6) is 0.280. The van der Waals surface area contributed by atoms with Crippen LogP contribution in [0.5, 0.6) is 5.75 Å². The van der Waals surface area contributed by atoms with E-state index in [9.17, 15) is 9.18 Å². The molecule has 0 fully saturated rings. The third-order valence-corrected chi connectivity index (χ3v) is 6.64. The monoisotopic (exact) mass is 535 g/mol. The van der Waals surface area contributed by atoms with E-state index in [1.807, 2.05) is 63.2 Å². The second-order valence-corrected chi connectivity index (χ2v) is 9.70. The van der Waals surface area contributed by atoms with E-state index in [1.54, 1.807) is 33.5 Å². The van der Waals surface area contributed by atoms with Crippen LogP contribution in [0.1, 0.15) is 32.6 Å². The van der Waals surface area contributed by atoms with Gasteiger partial charge in [-0.3, -0.25) is 9.36 Å². The molecule has 0 radical (unpaired) electrons. The van der Waals surface area contributed by atoms with Crippen LogP contribution >= 0.6 is 0 Å². The molecule has 0 saturated heterocycles. The average molecular weight is 536 g/mol. The van der Waals surface area contributed by atoms with Crippen molar-refractivity contribution in [3.8, 4) is 22.7 Å². The second-order valence-electron chi connectivity index (χ2n) is 9.70. The number of para-hydroxylation sites is 2. The topological polar surface area (TPSA) is 114 Å². The highest BCUT2D eigenvalue weighted by molar-refractivity contribution is 5.98. The Morgan fingerprint density at radius 2 is 1.70 bits per heavy atom. The van der Waals surface area contributed by atoms with E-state index in [0.29, 0.717) is 44.7 Å². The first-order valence-electron chi connectivity index (χ1n) is 12.9. The molecular formula is C30H26FN7O2. The lowest BCUT2D eigenvalue weighted by Crippen LogP contribution is -2.27. The Balaban J connectivity index is 1.58. The molecule has 1 atom stereocenters. The molecule has 0 saturated carbocycles. The number of benzene rings is 3. The summed E-state index contributed by atoms with van der Waals surface area (Å²) < 4.78 is 23.8. The lowest BCUT2D eigenvalue weighted by molar-refractivity contribution is 0.231. The van der Waals surface area contributed by atoms with Gasteiger partial charge < -0.3 is 10.5 Å². The third kappa shape index (κ3) is 4.23. The SMILES string of the molecule is CC(C)Oc1ccc(-c2nn(C(C)c3nc4ccccc4c(=O)n3-c3ccccc3)c3ncnc(N)c23)cc1F. The predicted molar refractivity (Wildman–Crippen MR) is 152 cm³/mol. The number of aromatic nitrogens is 6. The van der Waals surface area contributed by atoms with Crippen LogP contribution < -0.4 is 16.0 Å². The highest BCUT2D eigenvalue weighted by atomic mass is 19.1. The smallest absolute Gasteiger partial charge is 0.266 e. The highest BCUT2D eigenvalue weighted by Gasteiger charge is 2.25. The average Bonchev–Trinajstić information content (AvgIpc) is 3.35. The van der Waals surface area contributed by atoms with Gasteiger partial charge in [0.25, 0.3) is 5.56 Å². The van der Waals surface area contributed by atoms with Gasteiger partial charge in [0.2, 0.25) is 0 Å². The molecule has 3 heterocycles. The van der Waals surface area contributed by atoms with Crippen molar-refractivity contribution in [1.82, 2.24) is 29.3 Å². The molecule has 2 N–H and O–H groups in total. The molecule has 10 heteroatoms. The minimum atomic E-state index is -0.573. The van der Waals surface area contributed by atoms with Crippen molar-refractivity contribution in [3.63, 3.8) is 0 Å². The lowest BCUT2D eigenvalue weighted by Gasteiger charge is -2.19. The Bertz CT molecular complexity index is 1930. The number of fused-ring (bicyclic) bond motifs is 2. The van der Waals surface area contributed by atoms with Crippen LogP contribution in [0.3, 0.4) is 0 Å². The van der Waals surface area contributed by atoms with Crippen LogP contribution in [0.15, 0.2) is 83.9 Å². The maximum Gasteiger partial charge on any atom is 0.266 e. The van der Waals surface area contributed by atoms with Gasteiger partial charge in [-0.15, -0.1) is 0 Å². The summed E-state index contributed by atoms with van der Waals surface area (Å²) in [6, 6.07) is 20.6. The maximum absolute atomic E-state index is 15.0. The first kappa shape index (κ1) is 25.2. The van der Waals surface area contributed by atoms with Crippen LogP contribution in [-0.4, -0.2) is 35.4 Å². The number of nitrogens with zero attached hydrogens (tertiary/aromatic N) is 6. The van der Waals surface area contributed by atoms with Crippen LogP contribution in [0, 0.1) is 5.82 Å². The minimum Gasteiger partial charge on any atom is -0.488 e. The molecule has 0 aliphatic carbocycles. The molecule has 0 aliphatic rings. The number of rotatable bonds is 6. The second kappa shape index (κ2) is 9.88. The molecule has 3 aromatic heterocycles. The molecular weight excluding hydrogens is 509 g/mol. The van der Waals surface area contributed by atoms with Crippen molar-refractivity contribution in [2.24, 2.45) is 0 Å². The summed E-state index contributed by atoms with van der Waals surface area (Å²) in [7, 11) is 0. The van der Waals surface area contributed by atoms with Gasteiger partial charge in [0.1, 0.15) is 29.7 Å². The standard InChI is InChI=1S/C30H26FN7O2/c1-17(2)40-24-14-13-19(15-22(24)31)26-25-27(32)33-16-34-29(25)38(36-26)18(3)28-35-23-12-8-7-11-21(23)30(39)37(28)20-9-5-4-6-10-20/h4-18H,1-3H3,(H2,32,33,34). The number of halogens is 1. The van der Waals surface area contributed by atoms with Crippen LogP contribution in [0.2, 0.25) is 0 Å². The Kier molecular flexibility index (Phi) is 6.22. The van der Waals surface area contributed by atoms with E-state index in [4.69, 9.17) is 20.6 Å². The normalized spacial score (nSPS) is 12.3. The summed E-state index contributed by atoms with van der Waals surface area (Å²) in [5.41, 5.74) is 8.66. The van der Waals surface area contributed by atoms with Crippen molar-refractivity contribution >= 4 is 27.8 Å². The van der Waals surface area contributed by atoms with Gasteiger partial charge >= 0.3 is 0 Å². The predicted octanol–water partition coefficient (Wildman–Crippen LogP) is 5.31. The molecule has 200 valence electrons. The van der Waals surface area contributed by atoms with Gasteiger partial charge in [-0.05, 0) is 63.2 Å². The molecule has 6 rings (SSSR count). The van der Waals surface area contributed by atoms with Crippen molar-refractivity contribution in [2.45, 2.75) is 32.9 Å². The molecule has 1 unspecified atom stereocenters. The fraction of sp³-hybridized carbons (Fsp3) is 0.167. The molecule has 9 nitrogen and oxygen atoms in total. The van der Waals surface area contributed by atoms with Crippen LogP contribution in [0.25, 0.3) is 38.9 Å². The largest absolute Gasteiger partial charge is 0.488 e. The Morgan fingerprint density at radius 1 is 0.950 bits per heavy atom. The number of hydrogen-bond donors (Lipinski definition) is 1. The summed E-state index contributed by atoms with van der Waals surface area (Å²) in [6.45, 7) is 5.54. The van der Waals surface area contributed by atoms with E-state index in [0.717, 1.165) is 0 Å². The van der Waals surface area contributed by atoms with Crippen LogP contribution in [0.4, 0.5) is 10.2 Å². The van der Waals surface area contributed by atoms with Crippen LogP contribution in [-0.2, 0) is 0 Å². The Hall–Kier alpha value is -5.12. The zero-order valence-electron chi connectivity index (χ0n) is 22.1. The minimum absolute atomic E-state index is 0.146. The summed E-state index contributed by atoms with van der Waals surface area (Å²) in [6.07, 6.45) is 1.17. The van der Waals surface area contributed by atoms with Gasteiger partial charge in [-0.2, -0.15) is 5.10 Å². The van der Waals surface area contributed by atoms with Crippen molar-refractivity contribution < 1.29 is 9.13 Å². The van der Waals surface area contributed by atoms with Gasteiger partial charge in [0.15, 0.2) is 17.2 Å². The highest BCUT2D eigenvalue weighted by Crippen LogP contribution is 2.35. The number of ether oxygens (including phenoxy) is 1. The fourth-order valence-electron chi connectivity index (χ4n) is 4.83. The first-order valence-corrected chi connectivity index (χ1v) is 12.9. The Labute approximate surface area is 228 Å². The number of anilines is 1. The zero-order chi connectivity index (χ0) is 28.0. The van der Waals surface area contributed by atoms with Gasteiger partial charge in [0, 0.05) is 5.56 Å². The van der Waals surface area contributed by atoms with E-state index in [-0.39, 0.29) is 23.2 Å². The summed E-state index contributed by atoms with van der Waals surface area (Å²) in [4.78, 5) is 27.3. The molecule has 0 bridgehead atoms. The molecule has 0 aliphatic heterocycles. The third-order valence-electron chi connectivity index (χ3n) is 6.64. The number of nitrogens with two attached hydrogens (primary N) is 1. The molecule has 40 heavy (non-hydrogen) atoms. The molecule has 0 spiro atoms. The first-order chi connectivity index (χ1) is 19.3. The zero-order valence-corrected chi connectivity index (χ0v) is 22.1. The number of nitrogen functional groups attached to an aromatic ring is 1. The maximum atomic E-state index is 15.0. The van der Waals surface area contributed by atoms with E-state index < -0.39 is 11.9 Å². The van der Waals surface area contributed by atoms with E-state index >= 15 is 0 Å². The van der Waals surface area contributed by atoms with Crippen molar-refractivity contribution in [1.29, 1.82) is 0 Å². The molecule has 3 aromatic carbocycles. The molecule has 0 amide bonds. The molecule has 6 aromatic rings.